The maximum absolute atomic E-state index is 12.7. The van der Waals surface area contributed by atoms with Crippen molar-refractivity contribution in [2.75, 3.05) is 33.3 Å². The summed E-state index contributed by atoms with van der Waals surface area (Å²) in [5.41, 5.74) is 0.734. The highest BCUT2D eigenvalue weighted by molar-refractivity contribution is 5.94. The average molecular weight is 316 g/mol. The zero-order valence-corrected chi connectivity index (χ0v) is 14.2. The maximum Gasteiger partial charge on any atom is 0.253 e. The van der Waals surface area contributed by atoms with Crippen molar-refractivity contribution in [3.63, 3.8) is 0 Å². The third kappa shape index (κ3) is 4.05. The summed E-state index contributed by atoms with van der Waals surface area (Å²) in [4.78, 5) is 17.3. The van der Waals surface area contributed by atoms with Gasteiger partial charge in [0.2, 0.25) is 0 Å². The Kier molecular flexibility index (Phi) is 5.55. The number of hydrogen-bond donors (Lipinski definition) is 0. The predicted molar refractivity (Wildman–Crippen MR) is 92.0 cm³/mol. The highest BCUT2D eigenvalue weighted by atomic mass is 16.5. The molecule has 4 nitrogen and oxygen atoms in total. The summed E-state index contributed by atoms with van der Waals surface area (Å²) in [6, 6.07) is 8.15. The van der Waals surface area contributed by atoms with Gasteiger partial charge in [0.25, 0.3) is 5.91 Å². The molecule has 2 saturated heterocycles. The predicted octanol–water partition coefficient (Wildman–Crippen LogP) is 3.18. The van der Waals surface area contributed by atoms with Crippen LogP contribution in [0.15, 0.2) is 24.3 Å². The van der Waals surface area contributed by atoms with Gasteiger partial charge in [-0.3, -0.25) is 4.79 Å². The molecule has 0 unspecified atom stereocenters. The second kappa shape index (κ2) is 7.82. The van der Waals surface area contributed by atoms with E-state index >= 15 is 0 Å². The lowest BCUT2D eigenvalue weighted by Gasteiger charge is -2.38. The van der Waals surface area contributed by atoms with Crippen LogP contribution in [0.4, 0.5) is 0 Å². The van der Waals surface area contributed by atoms with E-state index in [4.69, 9.17) is 4.74 Å². The Bertz CT molecular complexity index is 516. The lowest BCUT2D eigenvalue weighted by Crippen LogP contribution is -2.47. The molecule has 0 aliphatic carbocycles. The van der Waals surface area contributed by atoms with E-state index in [2.05, 4.69) is 4.90 Å². The zero-order chi connectivity index (χ0) is 16.1. The summed E-state index contributed by atoms with van der Waals surface area (Å²) in [5, 5.41) is 0. The minimum atomic E-state index is 0.137. The standard InChI is InChI=1S/C19H28N2O2/c1-23-18-8-6-7-16(15-18)19(22)21-13-9-17(10-14-21)20-11-4-2-3-5-12-20/h6-8,15,17H,2-5,9-14H2,1H3. The molecule has 0 aromatic heterocycles. The van der Waals surface area contributed by atoms with E-state index in [1.54, 1.807) is 7.11 Å². The molecule has 1 amide bonds. The van der Waals surface area contributed by atoms with Crippen LogP contribution in [0.5, 0.6) is 5.75 Å². The number of carbonyl (C=O) groups excluding carboxylic acids is 1. The topological polar surface area (TPSA) is 32.8 Å². The van der Waals surface area contributed by atoms with E-state index in [1.165, 1.54) is 38.8 Å². The first-order chi connectivity index (χ1) is 11.3. The lowest BCUT2D eigenvalue weighted by atomic mass is 10.0. The fourth-order valence-electron chi connectivity index (χ4n) is 3.83. The molecule has 0 saturated carbocycles. The van der Waals surface area contributed by atoms with Gasteiger partial charge in [-0.2, -0.15) is 0 Å². The van der Waals surface area contributed by atoms with E-state index in [9.17, 15) is 4.79 Å². The molecular formula is C19H28N2O2. The molecule has 0 N–H and O–H groups in total. The summed E-state index contributed by atoms with van der Waals surface area (Å²) in [6.07, 6.45) is 7.64. The molecule has 4 heteroatoms. The number of carbonyl (C=O) groups is 1. The largest absolute Gasteiger partial charge is 0.497 e. The quantitative estimate of drug-likeness (QED) is 0.858. The molecule has 1 aromatic rings. The van der Waals surface area contributed by atoms with Crippen LogP contribution in [0.3, 0.4) is 0 Å². The minimum absolute atomic E-state index is 0.137. The van der Waals surface area contributed by atoms with Crippen LogP contribution in [0, 0.1) is 0 Å². The normalized spacial score (nSPS) is 21.0. The third-order valence-corrected chi connectivity index (χ3v) is 5.23. The first kappa shape index (κ1) is 16.3. The van der Waals surface area contributed by atoms with Gasteiger partial charge in [-0.15, -0.1) is 0 Å². The Morgan fingerprint density at radius 3 is 2.39 bits per heavy atom. The summed E-state index contributed by atoms with van der Waals surface area (Å²) in [5.74, 6) is 0.883. The Labute approximate surface area is 139 Å². The molecule has 0 spiro atoms. The number of methoxy groups -OCH3 is 1. The monoisotopic (exact) mass is 316 g/mol. The van der Waals surface area contributed by atoms with Crippen molar-refractivity contribution in [1.82, 2.24) is 9.80 Å². The van der Waals surface area contributed by atoms with Crippen LogP contribution in [0.1, 0.15) is 48.9 Å². The number of piperidine rings is 1. The number of amides is 1. The van der Waals surface area contributed by atoms with E-state index in [-0.39, 0.29) is 5.91 Å². The van der Waals surface area contributed by atoms with Crippen molar-refractivity contribution in [1.29, 1.82) is 0 Å². The number of likely N-dealkylation sites (tertiary alicyclic amines) is 2. The SMILES string of the molecule is COc1cccc(C(=O)N2CCC(N3CCCCCC3)CC2)c1. The molecular weight excluding hydrogens is 288 g/mol. The summed E-state index contributed by atoms with van der Waals surface area (Å²) in [7, 11) is 1.64. The Hall–Kier alpha value is -1.55. The van der Waals surface area contributed by atoms with Crippen molar-refractivity contribution < 1.29 is 9.53 Å². The third-order valence-electron chi connectivity index (χ3n) is 5.23. The fraction of sp³-hybridized carbons (Fsp3) is 0.632. The molecule has 1 aromatic carbocycles. The van der Waals surface area contributed by atoms with Gasteiger partial charge in [0.05, 0.1) is 7.11 Å². The lowest BCUT2D eigenvalue weighted by molar-refractivity contribution is 0.0622. The van der Waals surface area contributed by atoms with E-state index in [1.807, 2.05) is 29.2 Å². The Balaban J connectivity index is 1.56. The van der Waals surface area contributed by atoms with Crippen molar-refractivity contribution >= 4 is 5.91 Å². The van der Waals surface area contributed by atoms with Gasteiger partial charge in [0, 0.05) is 24.7 Å². The van der Waals surface area contributed by atoms with E-state index in [0.717, 1.165) is 37.2 Å². The first-order valence-electron chi connectivity index (χ1n) is 8.95. The van der Waals surface area contributed by atoms with Gasteiger partial charge in [0.15, 0.2) is 0 Å². The molecule has 0 radical (unpaired) electrons. The number of nitrogens with zero attached hydrogens (tertiary/aromatic N) is 2. The second-order valence-electron chi connectivity index (χ2n) is 6.71. The van der Waals surface area contributed by atoms with Crippen LogP contribution >= 0.6 is 0 Å². The maximum atomic E-state index is 12.7. The molecule has 3 rings (SSSR count). The number of benzene rings is 1. The summed E-state index contributed by atoms with van der Waals surface area (Å²) in [6.45, 7) is 4.23. The molecule has 2 heterocycles. The van der Waals surface area contributed by atoms with Crippen LogP contribution in [0.25, 0.3) is 0 Å². The molecule has 126 valence electrons. The van der Waals surface area contributed by atoms with Crippen LogP contribution < -0.4 is 4.74 Å². The summed E-state index contributed by atoms with van der Waals surface area (Å²) >= 11 is 0. The van der Waals surface area contributed by atoms with E-state index in [0.29, 0.717) is 6.04 Å². The molecule has 23 heavy (non-hydrogen) atoms. The highest BCUT2D eigenvalue weighted by Crippen LogP contribution is 2.22. The molecule has 2 aliphatic heterocycles. The Morgan fingerprint density at radius 2 is 1.74 bits per heavy atom. The molecule has 0 atom stereocenters. The van der Waals surface area contributed by atoms with Crippen molar-refractivity contribution in [3.05, 3.63) is 29.8 Å². The highest BCUT2D eigenvalue weighted by Gasteiger charge is 2.27. The molecule has 0 bridgehead atoms. The van der Waals surface area contributed by atoms with Gasteiger partial charge >= 0.3 is 0 Å². The van der Waals surface area contributed by atoms with Crippen molar-refractivity contribution in [3.8, 4) is 5.75 Å². The van der Waals surface area contributed by atoms with Crippen molar-refractivity contribution in [2.24, 2.45) is 0 Å². The average Bonchev–Trinajstić information content (AvgIpc) is 2.91. The number of hydrogen-bond acceptors (Lipinski definition) is 3. The fourth-order valence-corrected chi connectivity index (χ4v) is 3.83. The first-order valence-corrected chi connectivity index (χ1v) is 8.95. The minimum Gasteiger partial charge on any atom is -0.497 e. The molecule has 2 aliphatic rings. The smallest absolute Gasteiger partial charge is 0.253 e. The number of rotatable bonds is 3. The van der Waals surface area contributed by atoms with Crippen molar-refractivity contribution in [2.45, 2.75) is 44.6 Å². The van der Waals surface area contributed by atoms with Gasteiger partial charge in [-0.05, 0) is 57.0 Å². The molecule has 2 fully saturated rings. The van der Waals surface area contributed by atoms with Crippen LogP contribution in [0.2, 0.25) is 0 Å². The Morgan fingerprint density at radius 1 is 1.04 bits per heavy atom. The van der Waals surface area contributed by atoms with Gasteiger partial charge in [-0.1, -0.05) is 18.9 Å². The van der Waals surface area contributed by atoms with Gasteiger partial charge in [-0.25, -0.2) is 0 Å². The van der Waals surface area contributed by atoms with Gasteiger partial charge < -0.3 is 14.5 Å². The number of ether oxygens (including phenoxy) is 1. The van der Waals surface area contributed by atoms with E-state index < -0.39 is 0 Å². The van der Waals surface area contributed by atoms with Gasteiger partial charge in [0.1, 0.15) is 5.75 Å². The second-order valence-corrected chi connectivity index (χ2v) is 6.71. The van der Waals surface area contributed by atoms with Crippen LogP contribution in [-0.4, -0.2) is 55.0 Å². The zero-order valence-electron chi connectivity index (χ0n) is 14.2. The summed E-state index contributed by atoms with van der Waals surface area (Å²) < 4.78 is 5.22. The van der Waals surface area contributed by atoms with Crippen LogP contribution in [-0.2, 0) is 0 Å².